The van der Waals surface area contributed by atoms with Crippen LogP contribution in [0.25, 0.3) is 0 Å². The molecule has 86 valence electrons. The fourth-order valence-electron chi connectivity index (χ4n) is 1.42. The first-order valence-electron chi connectivity index (χ1n) is 5.19. The maximum absolute atomic E-state index is 5.76. The second kappa shape index (κ2) is 6.23. The molecule has 15 heavy (non-hydrogen) atoms. The summed E-state index contributed by atoms with van der Waals surface area (Å²) in [6, 6.07) is 2.38. The molecule has 4 heteroatoms. The fraction of sp³-hybridized carbons (Fsp3) is 0.636. The van der Waals surface area contributed by atoms with Crippen molar-refractivity contribution in [2.24, 2.45) is 5.73 Å². The molecule has 0 aliphatic rings. The van der Waals surface area contributed by atoms with Gasteiger partial charge >= 0.3 is 0 Å². The van der Waals surface area contributed by atoms with Crippen molar-refractivity contribution in [3.05, 3.63) is 21.9 Å². The van der Waals surface area contributed by atoms with Gasteiger partial charge in [-0.05, 0) is 30.9 Å². The van der Waals surface area contributed by atoms with E-state index in [0.29, 0.717) is 6.54 Å². The molecule has 2 unspecified atom stereocenters. The molecule has 0 aromatic carbocycles. The van der Waals surface area contributed by atoms with Crippen LogP contribution in [-0.2, 0) is 4.74 Å². The normalized spacial score (nSPS) is 15.2. The molecule has 0 spiro atoms. The third-order valence-corrected chi connectivity index (χ3v) is 3.64. The van der Waals surface area contributed by atoms with Crippen molar-refractivity contribution < 1.29 is 4.74 Å². The smallest absolute Gasteiger partial charge is 0.0667 e. The summed E-state index contributed by atoms with van der Waals surface area (Å²) in [5.74, 6) is 0. The number of aryl methyl sites for hydroxylation is 1. The van der Waals surface area contributed by atoms with Crippen LogP contribution in [0.2, 0.25) is 0 Å². The molecular formula is C11H20N2OS. The van der Waals surface area contributed by atoms with E-state index in [1.165, 1.54) is 10.4 Å². The molecule has 2 atom stereocenters. The minimum Gasteiger partial charge on any atom is -0.380 e. The number of thiophene rings is 1. The van der Waals surface area contributed by atoms with Gasteiger partial charge in [0.05, 0.1) is 12.1 Å². The zero-order chi connectivity index (χ0) is 11.3. The zero-order valence-electron chi connectivity index (χ0n) is 9.62. The molecule has 0 aliphatic carbocycles. The highest BCUT2D eigenvalue weighted by Gasteiger charge is 2.13. The first kappa shape index (κ1) is 12.6. The van der Waals surface area contributed by atoms with E-state index in [4.69, 9.17) is 10.5 Å². The van der Waals surface area contributed by atoms with Crippen LogP contribution in [0.1, 0.15) is 23.4 Å². The predicted octanol–water partition coefficient (Wildman–Crippen LogP) is 1.68. The van der Waals surface area contributed by atoms with Crippen molar-refractivity contribution in [2.45, 2.75) is 26.0 Å². The van der Waals surface area contributed by atoms with Crippen molar-refractivity contribution in [3.63, 3.8) is 0 Å². The summed E-state index contributed by atoms with van der Waals surface area (Å²) >= 11 is 1.76. The van der Waals surface area contributed by atoms with E-state index in [-0.39, 0.29) is 12.1 Å². The summed E-state index contributed by atoms with van der Waals surface area (Å²) < 4.78 is 5.19. The summed E-state index contributed by atoms with van der Waals surface area (Å²) in [7, 11) is 1.72. The van der Waals surface area contributed by atoms with E-state index in [9.17, 15) is 0 Å². The van der Waals surface area contributed by atoms with Gasteiger partial charge in [-0.3, -0.25) is 0 Å². The van der Waals surface area contributed by atoms with E-state index in [1.807, 2.05) is 6.92 Å². The molecule has 0 bridgehead atoms. The second-order valence-electron chi connectivity index (χ2n) is 3.71. The topological polar surface area (TPSA) is 47.3 Å². The molecule has 3 N–H and O–H groups in total. The highest BCUT2D eigenvalue weighted by molar-refractivity contribution is 7.10. The van der Waals surface area contributed by atoms with Crippen LogP contribution in [0.4, 0.5) is 0 Å². The molecule has 0 saturated heterocycles. The monoisotopic (exact) mass is 228 g/mol. The Kier molecular flexibility index (Phi) is 5.25. The standard InChI is InChI=1S/C11H20N2OS/c1-8-4-5-15-11(8)10(6-12)13-7-9(2)14-3/h4-5,9-10,13H,6-7,12H2,1-3H3. The minimum absolute atomic E-state index is 0.222. The quantitative estimate of drug-likeness (QED) is 0.779. The Morgan fingerprint density at radius 1 is 1.60 bits per heavy atom. The van der Waals surface area contributed by atoms with E-state index in [1.54, 1.807) is 18.4 Å². The molecule has 1 heterocycles. The number of nitrogens with two attached hydrogens (primary N) is 1. The van der Waals surface area contributed by atoms with E-state index >= 15 is 0 Å². The molecule has 3 nitrogen and oxygen atoms in total. The Bertz CT molecular complexity index is 288. The van der Waals surface area contributed by atoms with Gasteiger partial charge < -0.3 is 15.8 Å². The Morgan fingerprint density at radius 3 is 2.80 bits per heavy atom. The number of rotatable bonds is 6. The van der Waals surface area contributed by atoms with E-state index in [0.717, 1.165) is 6.54 Å². The SMILES string of the molecule is COC(C)CNC(CN)c1sccc1C. The lowest BCUT2D eigenvalue weighted by molar-refractivity contribution is 0.114. The number of methoxy groups -OCH3 is 1. The van der Waals surface area contributed by atoms with Crippen molar-refractivity contribution in [3.8, 4) is 0 Å². The highest BCUT2D eigenvalue weighted by Crippen LogP contribution is 2.22. The Balaban J connectivity index is 2.53. The first-order chi connectivity index (χ1) is 7.19. The van der Waals surface area contributed by atoms with Crippen molar-refractivity contribution in [1.82, 2.24) is 5.32 Å². The lowest BCUT2D eigenvalue weighted by Crippen LogP contribution is -2.33. The fourth-order valence-corrected chi connectivity index (χ4v) is 2.43. The van der Waals surface area contributed by atoms with Gasteiger partial charge in [0.2, 0.25) is 0 Å². The van der Waals surface area contributed by atoms with Gasteiger partial charge in [-0.2, -0.15) is 0 Å². The van der Waals surface area contributed by atoms with Crippen molar-refractivity contribution in [1.29, 1.82) is 0 Å². The van der Waals surface area contributed by atoms with Gasteiger partial charge in [-0.1, -0.05) is 0 Å². The summed E-state index contributed by atoms with van der Waals surface area (Å²) in [5, 5.41) is 5.53. The molecule has 0 saturated carbocycles. The molecule has 1 rings (SSSR count). The van der Waals surface area contributed by atoms with Gasteiger partial charge in [0.25, 0.3) is 0 Å². The van der Waals surface area contributed by atoms with Crippen LogP contribution in [0.15, 0.2) is 11.4 Å². The predicted molar refractivity (Wildman–Crippen MR) is 65.3 cm³/mol. The average molecular weight is 228 g/mol. The summed E-state index contributed by atoms with van der Waals surface area (Å²) in [5.41, 5.74) is 7.08. The molecule has 0 amide bonds. The summed E-state index contributed by atoms with van der Waals surface area (Å²) in [6.07, 6.45) is 0.222. The molecule has 0 fully saturated rings. The molecule has 0 radical (unpaired) electrons. The van der Waals surface area contributed by atoms with Crippen LogP contribution >= 0.6 is 11.3 Å². The van der Waals surface area contributed by atoms with Crippen LogP contribution in [0.3, 0.4) is 0 Å². The maximum Gasteiger partial charge on any atom is 0.0667 e. The Morgan fingerprint density at radius 2 is 2.33 bits per heavy atom. The van der Waals surface area contributed by atoms with Gasteiger partial charge in [0.1, 0.15) is 0 Å². The van der Waals surface area contributed by atoms with E-state index < -0.39 is 0 Å². The third-order valence-electron chi connectivity index (χ3n) is 2.51. The molecule has 1 aromatic rings. The van der Waals surface area contributed by atoms with Crippen LogP contribution in [0, 0.1) is 6.92 Å². The number of hydrogen-bond donors (Lipinski definition) is 2. The van der Waals surface area contributed by atoms with E-state index in [2.05, 4.69) is 23.7 Å². The second-order valence-corrected chi connectivity index (χ2v) is 4.66. The Labute approximate surface area is 95.6 Å². The van der Waals surface area contributed by atoms with Crippen LogP contribution < -0.4 is 11.1 Å². The lowest BCUT2D eigenvalue weighted by Gasteiger charge is -2.19. The average Bonchev–Trinajstić information content (AvgIpc) is 2.65. The van der Waals surface area contributed by atoms with Crippen molar-refractivity contribution in [2.75, 3.05) is 20.2 Å². The Hall–Kier alpha value is -0.420. The van der Waals surface area contributed by atoms with Crippen LogP contribution in [0.5, 0.6) is 0 Å². The minimum atomic E-state index is 0.222. The highest BCUT2D eigenvalue weighted by atomic mass is 32.1. The van der Waals surface area contributed by atoms with Gasteiger partial charge in [-0.25, -0.2) is 0 Å². The zero-order valence-corrected chi connectivity index (χ0v) is 10.4. The molecule has 1 aromatic heterocycles. The lowest BCUT2D eigenvalue weighted by atomic mass is 10.1. The maximum atomic E-state index is 5.76. The first-order valence-corrected chi connectivity index (χ1v) is 6.07. The number of ether oxygens (including phenoxy) is 1. The summed E-state index contributed by atoms with van der Waals surface area (Å²) in [4.78, 5) is 1.33. The largest absolute Gasteiger partial charge is 0.380 e. The third kappa shape index (κ3) is 3.57. The molecular weight excluding hydrogens is 208 g/mol. The number of nitrogens with one attached hydrogen (secondary N) is 1. The van der Waals surface area contributed by atoms with Gasteiger partial charge in [0.15, 0.2) is 0 Å². The summed E-state index contributed by atoms with van der Waals surface area (Å²) in [6.45, 7) is 5.62. The van der Waals surface area contributed by atoms with Gasteiger partial charge in [0, 0.05) is 25.1 Å². The number of hydrogen-bond acceptors (Lipinski definition) is 4. The van der Waals surface area contributed by atoms with Gasteiger partial charge in [-0.15, -0.1) is 11.3 Å². The van der Waals surface area contributed by atoms with Crippen LogP contribution in [-0.4, -0.2) is 26.3 Å². The van der Waals surface area contributed by atoms with Crippen molar-refractivity contribution >= 4 is 11.3 Å². The molecule has 0 aliphatic heterocycles.